The fraction of sp³-hybridized carbons (Fsp3) is 0.875. The first-order valence-corrected chi connectivity index (χ1v) is 8.26. The van der Waals surface area contributed by atoms with Crippen LogP contribution >= 0.6 is 0 Å². The number of unbranched alkanes of at least 4 members (excludes halogenated alkanes) is 11. The fourth-order valence-electron chi connectivity index (χ4n) is 2.33. The molecule has 0 spiro atoms. The molecule has 0 unspecified atom stereocenters. The molecule has 0 aliphatic rings. The molecule has 118 valence electrons. The van der Waals surface area contributed by atoms with Crippen molar-refractivity contribution in [1.29, 1.82) is 0 Å². The van der Waals surface area contributed by atoms with Crippen LogP contribution in [-0.4, -0.2) is 11.9 Å². The lowest BCUT2D eigenvalue weighted by molar-refractivity contribution is -0.120. The van der Waals surface area contributed by atoms with Crippen LogP contribution in [0.25, 0.3) is 0 Å². The van der Waals surface area contributed by atoms with E-state index in [1.165, 1.54) is 64.2 Å². The summed E-state index contributed by atoms with van der Waals surface area (Å²) in [5, 5.41) is 2.08. The average molecular weight is 284 g/mol. The zero-order chi connectivity index (χ0) is 15.1. The first kappa shape index (κ1) is 18.9. The molecule has 0 bridgehead atoms. The molecule has 0 fully saturated rings. The highest BCUT2D eigenvalue weighted by atomic mass is 16.2. The summed E-state index contributed by atoms with van der Waals surface area (Å²) < 4.78 is 0. The van der Waals surface area contributed by atoms with Gasteiger partial charge in [-0.2, -0.15) is 0 Å². The van der Waals surface area contributed by atoms with Gasteiger partial charge in [-0.15, -0.1) is 0 Å². The summed E-state index contributed by atoms with van der Waals surface area (Å²) in [6, 6.07) is -0.756. The zero-order valence-corrected chi connectivity index (χ0v) is 13.1. The number of carbonyl (C=O) groups excluding carboxylic acids is 2. The summed E-state index contributed by atoms with van der Waals surface area (Å²) in [7, 11) is 0. The highest BCUT2D eigenvalue weighted by Gasteiger charge is 2.02. The monoisotopic (exact) mass is 284 g/mol. The van der Waals surface area contributed by atoms with Crippen molar-refractivity contribution in [1.82, 2.24) is 5.32 Å². The van der Waals surface area contributed by atoms with E-state index < -0.39 is 6.03 Å². The third-order valence-corrected chi connectivity index (χ3v) is 3.52. The summed E-state index contributed by atoms with van der Waals surface area (Å²) >= 11 is 0. The molecule has 0 saturated heterocycles. The minimum absolute atomic E-state index is 0.260. The molecule has 0 saturated carbocycles. The Labute approximate surface area is 123 Å². The molecule has 0 aromatic heterocycles. The van der Waals surface area contributed by atoms with Gasteiger partial charge in [0.05, 0.1) is 0 Å². The van der Waals surface area contributed by atoms with Gasteiger partial charge in [0, 0.05) is 6.42 Å². The van der Waals surface area contributed by atoms with Crippen molar-refractivity contribution in [2.45, 2.75) is 90.4 Å². The topological polar surface area (TPSA) is 72.2 Å². The van der Waals surface area contributed by atoms with Crippen LogP contribution in [0.4, 0.5) is 4.79 Å². The Balaban J connectivity index is 3.09. The maximum Gasteiger partial charge on any atom is 0.318 e. The van der Waals surface area contributed by atoms with Crippen molar-refractivity contribution >= 4 is 11.9 Å². The molecule has 0 radical (unpaired) electrons. The largest absolute Gasteiger partial charge is 0.351 e. The lowest BCUT2D eigenvalue weighted by Gasteiger charge is -2.03. The van der Waals surface area contributed by atoms with Gasteiger partial charge in [0.1, 0.15) is 0 Å². The Kier molecular flexibility index (Phi) is 13.6. The van der Waals surface area contributed by atoms with Crippen LogP contribution in [0.1, 0.15) is 90.4 Å². The third kappa shape index (κ3) is 15.0. The molecule has 0 aromatic rings. The van der Waals surface area contributed by atoms with E-state index in [0.29, 0.717) is 6.42 Å². The molecule has 3 amide bonds. The van der Waals surface area contributed by atoms with Crippen LogP contribution in [0.2, 0.25) is 0 Å². The minimum Gasteiger partial charge on any atom is -0.351 e. The Hall–Kier alpha value is -1.06. The quantitative estimate of drug-likeness (QED) is 0.496. The van der Waals surface area contributed by atoms with E-state index in [0.717, 1.165) is 12.8 Å². The predicted molar refractivity (Wildman–Crippen MR) is 83.4 cm³/mol. The van der Waals surface area contributed by atoms with E-state index >= 15 is 0 Å². The number of nitrogens with two attached hydrogens (primary N) is 1. The van der Waals surface area contributed by atoms with Crippen LogP contribution < -0.4 is 11.1 Å². The van der Waals surface area contributed by atoms with Crippen molar-refractivity contribution in [3.05, 3.63) is 0 Å². The van der Waals surface area contributed by atoms with Gasteiger partial charge >= 0.3 is 6.03 Å². The van der Waals surface area contributed by atoms with Crippen LogP contribution in [0.15, 0.2) is 0 Å². The molecule has 4 nitrogen and oxygen atoms in total. The summed E-state index contributed by atoms with van der Waals surface area (Å²) in [5.41, 5.74) is 4.86. The SMILES string of the molecule is CCCCCCCCCCCCCCC(=O)NC(N)=O. The van der Waals surface area contributed by atoms with E-state index in [1.807, 2.05) is 0 Å². The van der Waals surface area contributed by atoms with E-state index in [2.05, 4.69) is 12.2 Å². The average Bonchev–Trinajstić information content (AvgIpc) is 2.39. The van der Waals surface area contributed by atoms with E-state index in [1.54, 1.807) is 0 Å². The number of urea groups is 1. The van der Waals surface area contributed by atoms with Crippen molar-refractivity contribution in [2.75, 3.05) is 0 Å². The standard InChI is InChI=1S/C16H32N2O2/c1-2-3-4-5-6-7-8-9-10-11-12-13-14-15(19)18-16(17)20/h2-14H2,1H3,(H3,17,18,19,20). The smallest absolute Gasteiger partial charge is 0.318 e. The first-order chi connectivity index (χ1) is 9.66. The number of hydrogen-bond acceptors (Lipinski definition) is 2. The van der Waals surface area contributed by atoms with Crippen LogP contribution in [0.5, 0.6) is 0 Å². The van der Waals surface area contributed by atoms with Crippen LogP contribution in [0.3, 0.4) is 0 Å². The summed E-state index contributed by atoms with van der Waals surface area (Å²) in [6.45, 7) is 2.25. The molecule has 0 aliphatic carbocycles. The van der Waals surface area contributed by atoms with Crippen molar-refractivity contribution in [3.63, 3.8) is 0 Å². The van der Waals surface area contributed by atoms with Gasteiger partial charge in [-0.1, -0.05) is 77.6 Å². The highest BCUT2D eigenvalue weighted by Crippen LogP contribution is 2.12. The second-order valence-electron chi connectivity index (χ2n) is 5.55. The van der Waals surface area contributed by atoms with Crippen molar-refractivity contribution < 1.29 is 9.59 Å². The van der Waals surface area contributed by atoms with Crippen molar-refractivity contribution in [3.8, 4) is 0 Å². The summed E-state index contributed by atoms with van der Waals surface area (Å²) in [6.07, 6.45) is 15.6. The molecular formula is C16H32N2O2. The minimum atomic E-state index is -0.756. The molecule has 0 heterocycles. The summed E-state index contributed by atoms with van der Waals surface area (Å²) in [5.74, 6) is -0.260. The predicted octanol–water partition coefficient (Wildman–Crippen LogP) is 4.27. The lowest BCUT2D eigenvalue weighted by Crippen LogP contribution is -2.34. The zero-order valence-electron chi connectivity index (χ0n) is 13.1. The maximum atomic E-state index is 11.1. The fourth-order valence-corrected chi connectivity index (χ4v) is 2.33. The Bertz CT molecular complexity index is 255. The van der Waals surface area contributed by atoms with Gasteiger partial charge in [0.15, 0.2) is 0 Å². The number of carbonyl (C=O) groups is 2. The molecular weight excluding hydrogens is 252 g/mol. The van der Waals surface area contributed by atoms with E-state index in [9.17, 15) is 9.59 Å². The number of amides is 3. The van der Waals surface area contributed by atoms with Crippen LogP contribution in [-0.2, 0) is 4.79 Å². The number of imide groups is 1. The van der Waals surface area contributed by atoms with Gasteiger partial charge in [-0.3, -0.25) is 10.1 Å². The van der Waals surface area contributed by atoms with Gasteiger partial charge in [0.2, 0.25) is 5.91 Å². The van der Waals surface area contributed by atoms with Gasteiger partial charge in [0.25, 0.3) is 0 Å². The molecule has 0 atom stereocenters. The third-order valence-electron chi connectivity index (χ3n) is 3.52. The number of rotatable bonds is 13. The van der Waals surface area contributed by atoms with Gasteiger partial charge in [-0.25, -0.2) is 4.79 Å². The van der Waals surface area contributed by atoms with Crippen LogP contribution in [0, 0.1) is 0 Å². The number of primary amides is 1. The van der Waals surface area contributed by atoms with Gasteiger partial charge in [-0.05, 0) is 6.42 Å². The molecule has 4 heteroatoms. The second kappa shape index (κ2) is 14.4. The van der Waals surface area contributed by atoms with E-state index in [-0.39, 0.29) is 5.91 Å². The second-order valence-corrected chi connectivity index (χ2v) is 5.55. The summed E-state index contributed by atoms with van der Waals surface area (Å²) in [4.78, 5) is 21.5. The molecule has 3 N–H and O–H groups in total. The van der Waals surface area contributed by atoms with Gasteiger partial charge < -0.3 is 5.73 Å². The number of hydrogen-bond donors (Lipinski definition) is 2. The van der Waals surface area contributed by atoms with Crippen molar-refractivity contribution in [2.24, 2.45) is 5.73 Å². The Morgan fingerprint density at radius 1 is 0.750 bits per heavy atom. The Morgan fingerprint density at radius 2 is 1.15 bits per heavy atom. The highest BCUT2D eigenvalue weighted by molar-refractivity contribution is 5.93. The molecule has 20 heavy (non-hydrogen) atoms. The first-order valence-electron chi connectivity index (χ1n) is 8.26. The normalized spacial score (nSPS) is 10.4. The molecule has 0 aromatic carbocycles. The number of nitrogens with one attached hydrogen (secondary N) is 1. The molecule has 0 rings (SSSR count). The maximum absolute atomic E-state index is 11.1. The Morgan fingerprint density at radius 3 is 1.55 bits per heavy atom. The molecule has 0 aliphatic heterocycles. The van der Waals surface area contributed by atoms with E-state index in [4.69, 9.17) is 5.73 Å². The lowest BCUT2D eigenvalue weighted by atomic mass is 10.0.